The van der Waals surface area contributed by atoms with E-state index in [9.17, 15) is 4.79 Å². The number of carbonyl (C=O) groups is 1. The van der Waals surface area contributed by atoms with Gasteiger partial charge in [0, 0.05) is 0 Å². The predicted molar refractivity (Wildman–Crippen MR) is 54.6 cm³/mol. The molecule has 14 heavy (non-hydrogen) atoms. The van der Waals surface area contributed by atoms with Gasteiger partial charge in [-0.1, -0.05) is 11.8 Å². The Hall–Kier alpha value is -1.10. The fourth-order valence-corrected chi connectivity index (χ4v) is 1.63. The highest BCUT2D eigenvalue weighted by molar-refractivity contribution is 7.98. The van der Waals surface area contributed by atoms with Gasteiger partial charge in [0.05, 0.1) is 18.5 Å². The smallest absolute Gasteiger partial charge is 0.341 e. The van der Waals surface area contributed by atoms with Gasteiger partial charge in [0.25, 0.3) is 0 Å². The Kier molecular flexibility index (Phi) is 3.46. The third-order valence-electron chi connectivity index (χ3n) is 1.82. The number of rotatable bonds is 2. The highest BCUT2D eigenvalue weighted by Crippen LogP contribution is 2.16. The van der Waals surface area contributed by atoms with Crippen LogP contribution in [0.15, 0.2) is 5.16 Å². The predicted octanol–water partition coefficient (Wildman–Crippen LogP) is 1.60. The lowest BCUT2D eigenvalue weighted by atomic mass is 10.2. The first-order chi connectivity index (χ1) is 6.60. The number of aryl methyl sites for hydroxylation is 2. The zero-order valence-corrected chi connectivity index (χ0v) is 9.44. The molecule has 0 aromatic carbocycles. The molecule has 1 aromatic rings. The number of thioether (sulfide) groups is 1. The molecule has 0 fully saturated rings. The first-order valence-corrected chi connectivity index (χ1v) is 5.30. The summed E-state index contributed by atoms with van der Waals surface area (Å²) < 4.78 is 4.65. The summed E-state index contributed by atoms with van der Waals surface area (Å²) in [6.07, 6.45) is 1.89. The second-order valence-electron chi connectivity index (χ2n) is 2.75. The Morgan fingerprint density at radius 3 is 2.14 bits per heavy atom. The lowest BCUT2D eigenvalue weighted by molar-refractivity contribution is 0.0597. The highest BCUT2D eigenvalue weighted by Gasteiger charge is 2.15. The second kappa shape index (κ2) is 4.41. The van der Waals surface area contributed by atoms with Crippen LogP contribution in [0, 0.1) is 13.8 Å². The number of nitrogens with zero attached hydrogens (tertiary/aromatic N) is 2. The molecular formula is C9H12N2O2S. The van der Waals surface area contributed by atoms with E-state index >= 15 is 0 Å². The molecule has 4 nitrogen and oxygen atoms in total. The van der Waals surface area contributed by atoms with Crippen molar-refractivity contribution in [3.8, 4) is 0 Å². The van der Waals surface area contributed by atoms with E-state index in [0.717, 1.165) is 0 Å². The summed E-state index contributed by atoms with van der Waals surface area (Å²) in [5.41, 5.74) is 1.78. The van der Waals surface area contributed by atoms with Crippen LogP contribution in [0.25, 0.3) is 0 Å². The Labute approximate surface area is 87.1 Å². The van der Waals surface area contributed by atoms with Gasteiger partial charge >= 0.3 is 5.97 Å². The molecular weight excluding hydrogens is 200 g/mol. The van der Waals surface area contributed by atoms with Crippen molar-refractivity contribution in [3.05, 3.63) is 17.0 Å². The van der Waals surface area contributed by atoms with E-state index in [-0.39, 0.29) is 5.97 Å². The standard InChI is InChI=1S/C9H12N2O2S/c1-5-7(8(12)13-3)6(2)11-9(10-5)14-4/h1-4H3. The number of esters is 1. The molecule has 0 aliphatic rings. The largest absolute Gasteiger partial charge is 0.465 e. The highest BCUT2D eigenvalue weighted by atomic mass is 32.2. The van der Waals surface area contributed by atoms with Gasteiger partial charge in [-0.3, -0.25) is 0 Å². The molecule has 1 heterocycles. The van der Waals surface area contributed by atoms with E-state index in [1.165, 1.54) is 18.9 Å². The van der Waals surface area contributed by atoms with Gasteiger partial charge in [-0.15, -0.1) is 0 Å². The summed E-state index contributed by atoms with van der Waals surface area (Å²) in [6.45, 7) is 3.56. The third-order valence-corrected chi connectivity index (χ3v) is 2.37. The van der Waals surface area contributed by atoms with Crippen molar-refractivity contribution in [2.45, 2.75) is 19.0 Å². The van der Waals surface area contributed by atoms with Gasteiger partial charge < -0.3 is 4.74 Å². The van der Waals surface area contributed by atoms with Crippen molar-refractivity contribution < 1.29 is 9.53 Å². The maximum Gasteiger partial charge on any atom is 0.341 e. The van der Waals surface area contributed by atoms with Crippen molar-refractivity contribution in [3.63, 3.8) is 0 Å². The van der Waals surface area contributed by atoms with Crippen LogP contribution >= 0.6 is 11.8 Å². The second-order valence-corrected chi connectivity index (χ2v) is 3.52. The quantitative estimate of drug-likeness (QED) is 0.423. The molecule has 0 radical (unpaired) electrons. The summed E-state index contributed by atoms with van der Waals surface area (Å²) >= 11 is 1.45. The molecule has 1 rings (SSSR count). The molecule has 0 saturated carbocycles. The van der Waals surface area contributed by atoms with Crippen LogP contribution in [-0.2, 0) is 4.74 Å². The average molecular weight is 212 g/mol. The van der Waals surface area contributed by atoms with Gasteiger partial charge in [0.2, 0.25) is 0 Å². The molecule has 0 aliphatic carbocycles. The van der Waals surface area contributed by atoms with Crippen LogP contribution in [0.4, 0.5) is 0 Å². The molecule has 0 saturated heterocycles. The fraction of sp³-hybridized carbons (Fsp3) is 0.444. The minimum absolute atomic E-state index is 0.382. The monoisotopic (exact) mass is 212 g/mol. The van der Waals surface area contributed by atoms with Gasteiger partial charge in [0.15, 0.2) is 5.16 Å². The van der Waals surface area contributed by atoms with Crippen LogP contribution in [0.2, 0.25) is 0 Å². The van der Waals surface area contributed by atoms with E-state index in [4.69, 9.17) is 0 Å². The Balaban J connectivity index is 3.25. The number of carbonyl (C=O) groups excluding carboxylic acids is 1. The SMILES string of the molecule is COC(=O)c1c(C)nc(SC)nc1C. The van der Waals surface area contributed by atoms with Gasteiger partial charge in [-0.05, 0) is 20.1 Å². The lowest BCUT2D eigenvalue weighted by Gasteiger charge is -2.07. The number of methoxy groups -OCH3 is 1. The zero-order chi connectivity index (χ0) is 10.7. The number of hydrogen-bond acceptors (Lipinski definition) is 5. The molecule has 76 valence electrons. The topological polar surface area (TPSA) is 52.1 Å². The Morgan fingerprint density at radius 1 is 1.29 bits per heavy atom. The van der Waals surface area contributed by atoms with Gasteiger partial charge in [0.1, 0.15) is 5.56 Å². The molecule has 0 spiro atoms. The molecule has 0 atom stereocenters. The Bertz CT molecular complexity index is 343. The van der Waals surface area contributed by atoms with Crippen LogP contribution in [0.3, 0.4) is 0 Å². The summed E-state index contributed by atoms with van der Waals surface area (Å²) in [5.74, 6) is -0.382. The van der Waals surface area contributed by atoms with Gasteiger partial charge in [-0.2, -0.15) is 0 Å². The molecule has 0 unspecified atom stereocenters. The van der Waals surface area contributed by atoms with E-state index < -0.39 is 0 Å². The van der Waals surface area contributed by atoms with Crippen LogP contribution in [0.5, 0.6) is 0 Å². The average Bonchev–Trinajstić information content (AvgIpc) is 2.16. The van der Waals surface area contributed by atoms with E-state index in [0.29, 0.717) is 22.1 Å². The van der Waals surface area contributed by atoms with E-state index in [2.05, 4.69) is 14.7 Å². The minimum atomic E-state index is -0.382. The fourth-order valence-electron chi connectivity index (χ4n) is 1.17. The minimum Gasteiger partial charge on any atom is -0.465 e. The van der Waals surface area contributed by atoms with E-state index in [1.807, 2.05) is 6.26 Å². The zero-order valence-electron chi connectivity index (χ0n) is 8.62. The van der Waals surface area contributed by atoms with Crippen molar-refractivity contribution >= 4 is 17.7 Å². The normalized spacial score (nSPS) is 10.0. The molecule has 5 heteroatoms. The lowest BCUT2D eigenvalue weighted by Crippen LogP contribution is -2.10. The summed E-state index contributed by atoms with van der Waals surface area (Å²) in [7, 11) is 1.35. The van der Waals surface area contributed by atoms with Crippen molar-refractivity contribution in [2.75, 3.05) is 13.4 Å². The van der Waals surface area contributed by atoms with Crippen molar-refractivity contribution in [1.29, 1.82) is 0 Å². The van der Waals surface area contributed by atoms with Crippen LogP contribution in [-0.4, -0.2) is 29.3 Å². The summed E-state index contributed by atoms with van der Waals surface area (Å²) in [6, 6.07) is 0. The third kappa shape index (κ3) is 2.04. The molecule has 0 amide bonds. The first kappa shape index (κ1) is 11.0. The first-order valence-electron chi connectivity index (χ1n) is 4.07. The molecule has 0 bridgehead atoms. The summed E-state index contributed by atoms with van der Waals surface area (Å²) in [5, 5.41) is 0.674. The molecule has 1 aromatic heterocycles. The number of ether oxygens (including phenoxy) is 1. The maximum absolute atomic E-state index is 11.3. The molecule has 0 N–H and O–H groups in total. The Morgan fingerprint density at radius 2 is 1.79 bits per heavy atom. The number of aromatic nitrogens is 2. The van der Waals surface area contributed by atoms with Crippen LogP contribution < -0.4 is 0 Å². The van der Waals surface area contributed by atoms with Gasteiger partial charge in [-0.25, -0.2) is 14.8 Å². The van der Waals surface area contributed by atoms with Crippen LogP contribution in [0.1, 0.15) is 21.7 Å². The van der Waals surface area contributed by atoms with Crippen molar-refractivity contribution in [2.24, 2.45) is 0 Å². The maximum atomic E-state index is 11.3. The number of hydrogen-bond donors (Lipinski definition) is 0. The van der Waals surface area contributed by atoms with E-state index in [1.54, 1.807) is 13.8 Å². The molecule has 0 aliphatic heterocycles. The van der Waals surface area contributed by atoms with Crippen molar-refractivity contribution in [1.82, 2.24) is 9.97 Å². The summed E-state index contributed by atoms with van der Waals surface area (Å²) in [4.78, 5) is 19.7.